The molecule has 1 aliphatic heterocycles. The molecule has 440 valence electrons. The van der Waals surface area contributed by atoms with Crippen LogP contribution in [0.1, 0.15) is 142 Å². The van der Waals surface area contributed by atoms with Gasteiger partial charge in [-0.05, 0) is 106 Å². The van der Waals surface area contributed by atoms with Gasteiger partial charge >= 0.3 is 0 Å². The predicted octanol–water partition coefficient (Wildman–Crippen LogP) is 1.88. The minimum absolute atomic E-state index is 0.000255. The van der Waals surface area contributed by atoms with Gasteiger partial charge in [0, 0.05) is 43.3 Å². The molecule has 1 heterocycles. The summed E-state index contributed by atoms with van der Waals surface area (Å²) in [5, 5.41) is 30.1. The summed E-state index contributed by atoms with van der Waals surface area (Å²) in [7, 11) is 0. The van der Waals surface area contributed by atoms with E-state index in [2.05, 4.69) is 44.1 Å². The summed E-state index contributed by atoms with van der Waals surface area (Å²) in [6, 6.07) is 8.35. The number of carbonyl (C=O) groups is 9. The lowest BCUT2D eigenvalue weighted by Gasteiger charge is -2.28. The highest BCUT2D eigenvalue weighted by atomic mass is 16.3. The quantitative estimate of drug-likeness (QED) is 0.0473. The molecule has 1 fully saturated rings. The van der Waals surface area contributed by atoms with Crippen molar-refractivity contribution in [3.05, 3.63) is 65.7 Å². The van der Waals surface area contributed by atoms with Gasteiger partial charge in [-0.1, -0.05) is 109 Å². The van der Waals surface area contributed by atoms with Gasteiger partial charge < -0.3 is 65.3 Å². The van der Waals surface area contributed by atoms with Crippen LogP contribution in [0.3, 0.4) is 0 Å². The van der Waals surface area contributed by atoms with Crippen LogP contribution in [0.2, 0.25) is 0 Å². The van der Waals surface area contributed by atoms with Gasteiger partial charge in [-0.2, -0.15) is 0 Å². The normalized spacial score (nSPS) is 22.4. The summed E-state index contributed by atoms with van der Waals surface area (Å²) in [6.07, 6.45) is 3.27. The standard InChI is InChI=1S/C58H93N11O10/c1-6-7-8-9-13-16-43(70)35-52(73)64-44(21-25-59)50(71)33-40-24-28-63-55(76)47(29-36(2)3)68-56(77)46(23-27-61)66-58(79)49(32-39-17-19-42(62)20-18-39)69-57(78)48(30-37(4)5)67-54(75)41(31-38-14-11-10-12-15-38)34-51(72)45(22-26-60)65-53(40)74/h10-12,14-15,17-20,36-37,40-41,43-49,70H,6-9,13,16,21-35,59-62H2,1-5H3,(H,63,76)(H,64,73)(H,65,74)(H,66,79)(H,67,75)(H,68,77)(H,69,78)/t40-,41+,43-,44-,45+,46+,47+,48+,49+/m1/s1. The van der Waals surface area contributed by atoms with E-state index >= 15 is 0 Å². The number of aliphatic hydroxyl groups excluding tert-OH is 1. The molecule has 21 heteroatoms. The van der Waals surface area contributed by atoms with Crippen molar-refractivity contribution in [2.24, 2.45) is 40.9 Å². The largest absolute Gasteiger partial charge is 0.399 e. The van der Waals surface area contributed by atoms with Crippen LogP contribution in [0, 0.1) is 23.7 Å². The van der Waals surface area contributed by atoms with Crippen LogP contribution in [-0.4, -0.2) is 127 Å². The van der Waals surface area contributed by atoms with Crippen molar-refractivity contribution in [1.82, 2.24) is 37.2 Å². The molecule has 1 aliphatic rings. The highest BCUT2D eigenvalue weighted by Gasteiger charge is 2.36. The molecule has 9 atom stereocenters. The van der Waals surface area contributed by atoms with E-state index in [0.717, 1.165) is 32.1 Å². The van der Waals surface area contributed by atoms with E-state index in [1.807, 2.05) is 27.7 Å². The minimum atomic E-state index is -1.29. The van der Waals surface area contributed by atoms with E-state index in [1.165, 1.54) is 0 Å². The molecule has 16 N–H and O–H groups in total. The van der Waals surface area contributed by atoms with Gasteiger partial charge in [0.25, 0.3) is 0 Å². The Kier molecular flexibility index (Phi) is 30.6. The Labute approximate surface area is 467 Å². The Morgan fingerprint density at radius 2 is 1.14 bits per heavy atom. The Morgan fingerprint density at radius 1 is 0.608 bits per heavy atom. The van der Waals surface area contributed by atoms with Gasteiger partial charge in [0.05, 0.1) is 24.6 Å². The molecular weight excluding hydrogens is 1010 g/mol. The number of rotatable bonds is 26. The number of hydrogen-bond acceptors (Lipinski definition) is 14. The third-order valence-corrected chi connectivity index (χ3v) is 14.0. The lowest BCUT2D eigenvalue weighted by Crippen LogP contribution is -2.59. The van der Waals surface area contributed by atoms with Crippen LogP contribution < -0.4 is 60.2 Å². The molecule has 0 unspecified atom stereocenters. The number of Topliss-reactive ketones (excluding diaryl/α,β-unsaturated/α-hetero) is 2. The maximum atomic E-state index is 14.6. The monoisotopic (exact) mass is 1100 g/mol. The first-order valence-electron chi connectivity index (χ1n) is 28.5. The fourth-order valence-corrected chi connectivity index (χ4v) is 9.59. The van der Waals surface area contributed by atoms with Crippen molar-refractivity contribution in [3.8, 4) is 0 Å². The van der Waals surface area contributed by atoms with E-state index in [4.69, 9.17) is 22.9 Å². The Bertz CT molecular complexity index is 2250. The number of nitrogen functional groups attached to an aromatic ring is 1. The van der Waals surface area contributed by atoms with Crippen molar-refractivity contribution in [1.29, 1.82) is 0 Å². The number of hydrogen-bond donors (Lipinski definition) is 12. The van der Waals surface area contributed by atoms with Crippen molar-refractivity contribution in [2.45, 2.75) is 186 Å². The highest BCUT2D eigenvalue weighted by Crippen LogP contribution is 2.20. The van der Waals surface area contributed by atoms with Crippen molar-refractivity contribution in [3.63, 3.8) is 0 Å². The van der Waals surface area contributed by atoms with Gasteiger partial charge in [-0.3, -0.25) is 43.2 Å². The number of amides is 7. The third kappa shape index (κ3) is 25.2. The summed E-state index contributed by atoms with van der Waals surface area (Å²) in [4.78, 5) is 128. The molecule has 0 aliphatic carbocycles. The number of unbranched alkanes of at least 4 members (excludes halogenated alkanes) is 4. The Morgan fingerprint density at radius 3 is 1.76 bits per heavy atom. The second kappa shape index (κ2) is 36.1. The molecule has 0 spiro atoms. The fraction of sp³-hybridized carbons (Fsp3) is 0.638. The number of anilines is 1. The first-order valence-corrected chi connectivity index (χ1v) is 28.5. The third-order valence-electron chi connectivity index (χ3n) is 14.0. The number of benzene rings is 2. The number of nitrogens with two attached hydrogens (primary N) is 4. The molecule has 7 amide bonds. The summed E-state index contributed by atoms with van der Waals surface area (Å²) in [5.74, 6) is -8.39. The molecule has 1 saturated heterocycles. The van der Waals surface area contributed by atoms with Crippen molar-refractivity contribution >= 4 is 58.6 Å². The smallest absolute Gasteiger partial charge is 0.243 e. The second-order valence-electron chi connectivity index (χ2n) is 21.9. The van der Waals surface area contributed by atoms with E-state index in [9.17, 15) is 48.3 Å². The highest BCUT2D eigenvalue weighted by molar-refractivity contribution is 5.98. The molecule has 79 heavy (non-hydrogen) atoms. The maximum Gasteiger partial charge on any atom is 0.243 e. The molecule has 0 saturated carbocycles. The average molecular weight is 1100 g/mol. The zero-order chi connectivity index (χ0) is 58.4. The van der Waals surface area contributed by atoms with Gasteiger partial charge in [0.2, 0.25) is 41.4 Å². The Balaban J connectivity index is 2.13. The van der Waals surface area contributed by atoms with Gasteiger partial charge in [-0.15, -0.1) is 0 Å². The first kappa shape index (κ1) is 67.0. The average Bonchev–Trinajstić information content (AvgIpc) is 3.39. The first-order chi connectivity index (χ1) is 37.7. The van der Waals surface area contributed by atoms with Gasteiger partial charge in [-0.25, -0.2) is 0 Å². The van der Waals surface area contributed by atoms with E-state index in [1.54, 1.807) is 54.6 Å². The fourth-order valence-electron chi connectivity index (χ4n) is 9.59. The molecular formula is C58H93N11O10. The lowest BCUT2D eigenvalue weighted by atomic mass is 9.89. The minimum Gasteiger partial charge on any atom is -0.399 e. The van der Waals surface area contributed by atoms with Crippen LogP contribution in [-0.2, 0) is 56.0 Å². The Hall–Kier alpha value is -6.29. The molecule has 0 bridgehead atoms. The second-order valence-corrected chi connectivity index (χ2v) is 21.9. The molecule has 0 aromatic heterocycles. The van der Waals surface area contributed by atoms with Crippen LogP contribution >= 0.6 is 0 Å². The lowest BCUT2D eigenvalue weighted by molar-refractivity contribution is -0.136. The van der Waals surface area contributed by atoms with Gasteiger partial charge in [0.15, 0.2) is 11.6 Å². The SMILES string of the molecule is CCCCCCC[C@@H](O)CC(=O)N[C@H](CCN)C(=O)C[C@H]1CCNC(=O)[C@H](CC(C)C)NC(=O)[C@H](CCN)NC(=O)[C@H](Cc2ccc(N)cc2)NC(=O)[C@H](CC(C)C)NC(=O)[C@@H](Cc2ccccc2)CC(=O)[C@H](CCN)NC1=O. The molecule has 21 nitrogen and oxygen atoms in total. The zero-order valence-electron chi connectivity index (χ0n) is 47.3. The van der Waals surface area contributed by atoms with E-state index < -0.39 is 120 Å². The van der Waals surface area contributed by atoms with Crippen molar-refractivity contribution < 1.29 is 48.3 Å². The topological polar surface area (TPSA) is 362 Å². The van der Waals surface area contributed by atoms with Crippen LogP contribution in [0.4, 0.5) is 5.69 Å². The van der Waals surface area contributed by atoms with Crippen LogP contribution in [0.25, 0.3) is 0 Å². The number of aliphatic hydroxyl groups is 1. The molecule has 3 rings (SSSR count). The van der Waals surface area contributed by atoms with Gasteiger partial charge in [0.1, 0.15) is 24.2 Å². The number of nitrogens with one attached hydrogen (secondary N) is 7. The maximum absolute atomic E-state index is 14.6. The summed E-state index contributed by atoms with van der Waals surface area (Å²) >= 11 is 0. The summed E-state index contributed by atoms with van der Waals surface area (Å²) in [6.45, 7) is 9.22. The van der Waals surface area contributed by atoms with Crippen LogP contribution in [0.15, 0.2) is 54.6 Å². The molecule has 2 aromatic rings. The van der Waals surface area contributed by atoms with E-state index in [0.29, 0.717) is 23.2 Å². The number of ketones is 2. The predicted molar refractivity (Wildman–Crippen MR) is 304 cm³/mol. The van der Waals surface area contributed by atoms with E-state index in [-0.39, 0.29) is 95.8 Å². The number of carbonyl (C=O) groups excluding carboxylic acids is 9. The molecule has 2 aromatic carbocycles. The zero-order valence-corrected chi connectivity index (χ0v) is 47.3. The van der Waals surface area contributed by atoms with Crippen LogP contribution in [0.5, 0.6) is 0 Å². The summed E-state index contributed by atoms with van der Waals surface area (Å²) in [5.41, 5.74) is 25.7. The molecule has 0 radical (unpaired) electrons. The summed E-state index contributed by atoms with van der Waals surface area (Å²) < 4.78 is 0. The van der Waals surface area contributed by atoms with Crippen molar-refractivity contribution in [2.75, 3.05) is 31.9 Å².